The van der Waals surface area contributed by atoms with Crippen LogP contribution >= 0.6 is 24.0 Å². The van der Waals surface area contributed by atoms with E-state index >= 15 is 0 Å². The molecule has 1 amide bonds. The molecule has 1 N–H and O–H groups in total. The lowest BCUT2D eigenvalue weighted by Crippen LogP contribution is -2.52. The van der Waals surface area contributed by atoms with Gasteiger partial charge in [-0.1, -0.05) is 0 Å². The summed E-state index contributed by atoms with van der Waals surface area (Å²) in [5.41, 5.74) is 0.700. The van der Waals surface area contributed by atoms with Crippen molar-refractivity contribution in [3.8, 4) is 0 Å². The average Bonchev–Trinajstić information content (AvgIpc) is 3.56. The van der Waals surface area contributed by atoms with E-state index in [1.807, 2.05) is 64.0 Å². The van der Waals surface area contributed by atoms with E-state index in [9.17, 15) is 4.79 Å². The van der Waals surface area contributed by atoms with Crippen LogP contribution < -0.4 is 10.2 Å². The van der Waals surface area contributed by atoms with Gasteiger partial charge in [0, 0.05) is 59.6 Å². The zero-order valence-electron chi connectivity index (χ0n) is 21.0. The summed E-state index contributed by atoms with van der Waals surface area (Å²) in [5, 5.41) is 3.49. The molecule has 2 heterocycles. The normalized spacial score (nSPS) is 17.3. The van der Waals surface area contributed by atoms with Gasteiger partial charge < -0.3 is 24.8 Å². The molecule has 186 valence electrons. The fourth-order valence-electron chi connectivity index (χ4n) is 3.99. The highest BCUT2D eigenvalue weighted by Crippen LogP contribution is 2.32. The average molecular weight is 573 g/mol. The molecule has 0 atom stereocenters. The number of likely N-dealkylation sites (tertiary alicyclic amines) is 1. The number of carbonyl (C=O) groups excluding carboxylic acids is 1. The number of hydrogen-bond acceptors (Lipinski definition) is 5. The number of ether oxygens (including phenoxy) is 1. The number of nitrogens with one attached hydrogen (secondary N) is 1. The van der Waals surface area contributed by atoms with Crippen LogP contribution in [-0.4, -0.2) is 79.3 Å². The van der Waals surface area contributed by atoms with Crippen LogP contribution in [0.4, 0.5) is 10.6 Å². The van der Waals surface area contributed by atoms with Crippen LogP contribution in [0.25, 0.3) is 0 Å². The summed E-state index contributed by atoms with van der Waals surface area (Å²) >= 11 is 0. The first-order valence-electron chi connectivity index (χ1n) is 11.7. The van der Waals surface area contributed by atoms with E-state index in [0.717, 1.165) is 44.3 Å². The molecule has 1 aromatic heterocycles. The minimum atomic E-state index is -0.467. The molecule has 33 heavy (non-hydrogen) atoms. The Hall–Kier alpha value is -1.78. The van der Waals surface area contributed by atoms with Crippen molar-refractivity contribution in [1.29, 1.82) is 0 Å². The van der Waals surface area contributed by atoms with Gasteiger partial charge in [0.15, 0.2) is 5.96 Å². The van der Waals surface area contributed by atoms with Crippen LogP contribution in [0.3, 0.4) is 0 Å². The Morgan fingerprint density at radius 2 is 1.91 bits per heavy atom. The number of aliphatic imine (C=N–C) groups is 1. The summed E-state index contributed by atoms with van der Waals surface area (Å²) < 4.78 is 5.72. The van der Waals surface area contributed by atoms with Gasteiger partial charge in [0.1, 0.15) is 11.4 Å². The smallest absolute Gasteiger partial charge is 0.410 e. The van der Waals surface area contributed by atoms with Crippen molar-refractivity contribution in [2.24, 2.45) is 10.9 Å². The largest absolute Gasteiger partial charge is 0.444 e. The van der Waals surface area contributed by atoms with Crippen molar-refractivity contribution in [2.75, 3.05) is 45.7 Å². The highest BCUT2D eigenvalue weighted by Gasteiger charge is 2.35. The Labute approximate surface area is 216 Å². The number of pyridine rings is 1. The van der Waals surface area contributed by atoms with Crippen molar-refractivity contribution in [3.05, 3.63) is 23.9 Å². The lowest BCUT2D eigenvalue weighted by molar-refractivity contribution is 0.00928. The maximum absolute atomic E-state index is 12.9. The van der Waals surface area contributed by atoms with Gasteiger partial charge >= 0.3 is 6.09 Å². The summed E-state index contributed by atoms with van der Waals surface area (Å²) in [6.07, 6.45) is 5.96. The van der Waals surface area contributed by atoms with Crippen LogP contribution in [0, 0.1) is 5.92 Å². The molecule has 9 heteroatoms. The third kappa shape index (κ3) is 8.50. The minimum absolute atomic E-state index is 0. The molecule has 1 aliphatic heterocycles. The number of halogens is 1. The van der Waals surface area contributed by atoms with Crippen molar-refractivity contribution in [2.45, 2.75) is 64.6 Å². The van der Waals surface area contributed by atoms with Crippen molar-refractivity contribution >= 4 is 41.8 Å². The molecular formula is C24H41IN6O2. The number of piperidine rings is 1. The maximum atomic E-state index is 12.9. The number of rotatable bonds is 6. The van der Waals surface area contributed by atoms with E-state index in [4.69, 9.17) is 4.74 Å². The molecule has 2 fully saturated rings. The van der Waals surface area contributed by atoms with Crippen molar-refractivity contribution in [1.82, 2.24) is 20.1 Å². The van der Waals surface area contributed by atoms with Gasteiger partial charge in [0.2, 0.25) is 0 Å². The van der Waals surface area contributed by atoms with Gasteiger partial charge in [0.25, 0.3) is 0 Å². The first kappa shape index (κ1) is 27.5. The second kappa shape index (κ2) is 12.1. The Balaban J connectivity index is 0.00000385. The molecule has 1 aliphatic carbocycles. The first-order chi connectivity index (χ1) is 15.2. The van der Waals surface area contributed by atoms with Gasteiger partial charge in [-0.15, -0.1) is 24.0 Å². The van der Waals surface area contributed by atoms with Crippen molar-refractivity contribution in [3.63, 3.8) is 0 Å². The molecule has 1 saturated heterocycles. The van der Waals surface area contributed by atoms with Gasteiger partial charge in [-0.05, 0) is 70.1 Å². The molecule has 3 rings (SSSR count). The molecule has 0 bridgehead atoms. The molecule has 1 saturated carbocycles. The molecule has 0 aromatic carbocycles. The summed E-state index contributed by atoms with van der Waals surface area (Å²) in [7, 11) is 5.81. The number of nitrogens with zero attached hydrogens (tertiary/aromatic N) is 5. The summed E-state index contributed by atoms with van der Waals surface area (Å²) in [5.74, 6) is 2.48. The van der Waals surface area contributed by atoms with E-state index in [1.54, 1.807) is 0 Å². The van der Waals surface area contributed by atoms with Crippen LogP contribution in [0.1, 0.15) is 52.0 Å². The number of guanidine groups is 1. The van der Waals surface area contributed by atoms with Crippen molar-refractivity contribution < 1.29 is 9.53 Å². The van der Waals surface area contributed by atoms with E-state index in [0.29, 0.717) is 12.5 Å². The fourth-order valence-corrected chi connectivity index (χ4v) is 3.99. The zero-order valence-corrected chi connectivity index (χ0v) is 23.3. The number of anilines is 1. The van der Waals surface area contributed by atoms with Gasteiger partial charge in [-0.3, -0.25) is 4.99 Å². The Bertz CT molecular complexity index is 798. The SMILES string of the molecule is CN=C(NCc1ccnc(N(C)C)c1)N1CCC(N(CC2CC2)C(=O)OC(C)(C)C)CC1.I. The highest BCUT2D eigenvalue weighted by atomic mass is 127. The number of hydrogen-bond donors (Lipinski definition) is 1. The van der Waals surface area contributed by atoms with Crippen LogP contribution in [0.2, 0.25) is 0 Å². The lowest BCUT2D eigenvalue weighted by Gasteiger charge is -2.40. The second-order valence-electron chi connectivity index (χ2n) is 10.1. The van der Waals surface area contributed by atoms with Gasteiger partial charge in [0.05, 0.1) is 0 Å². The quantitative estimate of drug-likeness (QED) is 0.316. The third-order valence-corrected chi connectivity index (χ3v) is 5.92. The third-order valence-electron chi connectivity index (χ3n) is 5.92. The Kier molecular flexibility index (Phi) is 10.1. The standard InChI is InChI=1S/C24H40N6O2.HI/c1-24(2,3)32-23(31)30(17-18-7-8-18)20-10-13-29(14-11-20)22(25-4)27-16-19-9-12-26-21(15-19)28(5)6;/h9,12,15,18,20H,7-8,10-11,13-14,16-17H2,1-6H3,(H,25,27);1H. The number of carbonyl (C=O) groups is 1. The number of aromatic nitrogens is 1. The lowest BCUT2D eigenvalue weighted by atomic mass is 10.0. The maximum Gasteiger partial charge on any atom is 0.410 e. The van der Waals surface area contributed by atoms with E-state index in [-0.39, 0.29) is 36.1 Å². The van der Waals surface area contributed by atoms with E-state index in [2.05, 4.69) is 26.3 Å². The number of amides is 1. The summed E-state index contributed by atoms with van der Waals surface area (Å²) in [6.45, 7) is 9.06. The molecule has 0 radical (unpaired) electrons. The molecular weight excluding hydrogens is 531 g/mol. The van der Waals surface area contributed by atoms with E-state index in [1.165, 1.54) is 18.4 Å². The van der Waals surface area contributed by atoms with E-state index < -0.39 is 5.60 Å². The second-order valence-corrected chi connectivity index (χ2v) is 10.1. The molecule has 1 aromatic rings. The molecule has 0 spiro atoms. The fraction of sp³-hybridized carbons (Fsp3) is 0.708. The van der Waals surface area contributed by atoms with Gasteiger partial charge in [-0.2, -0.15) is 0 Å². The van der Waals surface area contributed by atoms with Gasteiger partial charge in [-0.25, -0.2) is 9.78 Å². The molecule has 8 nitrogen and oxygen atoms in total. The Morgan fingerprint density at radius 3 is 2.45 bits per heavy atom. The predicted molar refractivity (Wildman–Crippen MR) is 144 cm³/mol. The van der Waals surface area contributed by atoms with Crippen LogP contribution in [0.15, 0.2) is 23.3 Å². The molecule has 0 unspecified atom stereocenters. The zero-order chi connectivity index (χ0) is 23.3. The summed E-state index contributed by atoms with van der Waals surface area (Å²) in [4.78, 5) is 28.0. The highest BCUT2D eigenvalue weighted by molar-refractivity contribution is 14.0. The minimum Gasteiger partial charge on any atom is -0.444 e. The monoisotopic (exact) mass is 572 g/mol. The first-order valence-corrected chi connectivity index (χ1v) is 11.7. The van der Waals surface area contributed by atoms with Crippen LogP contribution in [-0.2, 0) is 11.3 Å². The predicted octanol–water partition coefficient (Wildman–Crippen LogP) is 3.95. The molecule has 2 aliphatic rings. The Morgan fingerprint density at radius 1 is 1.24 bits per heavy atom. The summed E-state index contributed by atoms with van der Waals surface area (Å²) in [6, 6.07) is 4.34. The van der Waals surface area contributed by atoms with Crippen LogP contribution in [0.5, 0.6) is 0 Å². The topological polar surface area (TPSA) is 73.3 Å².